The van der Waals surface area contributed by atoms with E-state index in [1.807, 2.05) is 54.1 Å². The maximum absolute atomic E-state index is 5.77. The molecule has 1 nitrogen and oxygen atoms in total. The van der Waals surface area contributed by atoms with Crippen LogP contribution in [0.3, 0.4) is 0 Å². The van der Waals surface area contributed by atoms with Crippen LogP contribution in [-0.4, -0.2) is 17.7 Å². The molecule has 2 aromatic rings. The van der Waals surface area contributed by atoms with Gasteiger partial charge in [0.25, 0.3) is 0 Å². The molecule has 0 fully saturated rings. The van der Waals surface area contributed by atoms with Crippen molar-refractivity contribution in [3.05, 3.63) is 58.6 Å². The van der Waals surface area contributed by atoms with E-state index in [1.54, 1.807) is 0 Å². The molecule has 0 unspecified atom stereocenters. The van der Waals surface area contributed by atoms with Gasteiger partial charge in [-0.3, -0.25) is 0 Å². The summed E-state index contributed by atoms with van der Waals surface area (Å²) in [6.45, 7) is 0.609. The minimum absolute atomic E-state index is 0.609. The molecular weight excluding hydrogens is 259 g/mol. The molecule has 0 aliphatic heterocycles. The zero-order chi connectivity index (χ0) is 11.4. The number of hydrogen-bond donors (Lipinski definition) is 0. The second-order valence-electron chi connectivity index (χ2n) is 3.68. The number of ether oxygens (including phenoxy) is 1. The van der Waals surface area contributed by atoms with Gasteiger partial charge in [-0.25, -0.2) is 0 Å². The van der Waals surface area contributed by atoms with Crippen LogP contribution >= 0.6 is 15.9 Å². The topological polar surface area (TPSA) is 9.23 Å². The van der Waals surface area contributed by atoms with Gasteiger partial charge < -0.3 is 0 Å². The Balaban J connectivity index is 2.08. The third kappa shape index (κ3) is 3.15. The summed E-state index contributed by atoms with van der Waals surface area (Å²) in [4.78, 5) is 0. The Hall–Kier alpha value is -0.683. The molecule has 0 aromatic heterocycles. The van der Waals surface area contributed by atoms with Crippen molar-refractivity contribution >= 4 is 37.9 Å². The fourth-order valence-corrected chi connectivity index (χ4v) is 1.80. The summed E-state index contributed by atoms with van der Waals surface area (Å²) in [6.07, 6.45) is 0. The Labute approximate surface area is 113 Å². The first-order chi connectivity index (χ1) is 7.75. The van der Waals surface area contributed by atoms with Gasteiger partial charge in [0, 0.05) is 0 Å². The molecule has 76 valence electrons. The van der Waals surface area contributed by atoms with E-state index in [0.29, 0.717) is 6.61 Å². The predicted octanol–water partition coefficient (Wildman–Crippen LogP) is 2.82. The van der Waals surface area contributed by atoms with E-state index >= 15 is 0 Å². The van der Waals surface area contributed by atoms with E-state index in [-0.39, 0.29) is 0 Å². The van der Waals surface area contributed by atoms with Crippen molar-refractivity contribution in [3.8, 4) is 5.75 Å². The molecule has 2 aromatic carbocycles. The number of halogens is 1. The molecule has 0 bridgehead atoms. The van der Waals surface area contributed by atoms with Crippen LogP contribution in [0, 0.1) is 0 Å². The molecule has 3 heteroatoms. The monoisotopic (exact) mass is 268 g/mol. The first-order valence-corrected chi connectivity index (χ1v) is 5.98. The number of hydrogen-bond acceptors (Lipinski definition) is 1. The molecule has 2 rings (SSSR count). The summed E-state index contributed by atoms with van der Waals surface area (Å²) in [5, 5.41) is 0. The van der Waals surface area contributed by atoms with Crippen molar-refractivity contribution in [2.75, 3.05) is 0 Å². The standard InChI is InChI=1S/C13H10BrO.Li/c14-12-7-4-8-13(9-12)15-10-11-5-2-1-3-6-11;/h1-7,9H,10H2;. The van der Waals surface area contributed by atoms with Gasteiger partial charge >= 0.3 is 114 Å². The zero-order valence-electron chi connectivity index (χ0n) is 9.11. The molecule has 16 heavy (non-hydrogen) atoms. The molecule has 0 heterocycles. The van der Waals surface area contributed by atoms with Crippen molar-refractivity contribution in [2.45, 2.75) is 6.61 Å². The second-order valence-corrected chi connectivity index (χ2v) is 4.60. The Kier molecular flexibility index (Phi) is 4.12. The first kappa shape index (κ1) is 11.8. The Morgan fingerprint density at radius 2 is 1.81 bits per heavy atom. The van der Waals surface area contributed by atoms with Crippen molar-refractivity contribution in [2.24, 2.45) is 0 Å². The maximum atomic E-state index is 5.77. The molecule has 0 radical (unpaired) electrons. The molecule has 0 N–H and O–H groups in total. The van der Waals surface area contributed by atoms with Gasteiger partial charge in [0.1, 0.15) is 0 Å². The van der Waals surface area contributed by atoms with E-state index < -0.39 is 0 Å². The fraction of sp³-hybridized carbons (Fsp3) is 0.0769. The zero-order valence-corrected chi connectivity index (χ0v) is 10.7. The van der Waals surface area contributed by atoms with Crippen LogP contribution in [0.5, 0.6) is 5.75 Å². The van der Waals surface area contributed by atoms with Crippen molar-refractivity contribution in [1.82, 2.24) is 0 Å². The van der Waals surface area contributed by atoms with E-state index in [9.17, 15) is 0 Å². The molecule has 0 saturated carbocycles. The van der Waals surface area contributed by atoms with Crippen LogP contribution in [0.25, 0.3) is 0 Å². The Bertz CT molecular complexity index is 471. The van der Waals surface area contributed by atoms with Crippen LogP contribution in [0.1, 0.15) is 5.56 Å². The summed E-state index contributed by atoms with van der Waals surface area (Å²) in [7, 11) is 0. The number of rotatable bonds is 3. The van der Waals surface area contributed by atoms with Gasteiger partial charge in [0.15, 0.2) is 0 Å². The quantitative estimate of drug-likeness (QED) is 0.778. The van der Waals surface area contributed by atoms with Gasteiger partial charge in [0.2, 0.25) is 0 Å². The fourth-order valence-electron chi connectivity index (χ4n) is 1.46. The second kappa shape index (κ2) is 5.59. The van der Waals surface area contributed by atoms with Gasteiger partial charge in [-0.15, -0.1) is 0 Å². The Morgan fingerprint density at radius 1 is 1.06 bits per heavy atom. The van der Waals surface area contributed by atoms with E-state index in [1.165, 1.54) is 5.56 Å². The van der Waals surface area contributed by atoms with Crippen LogP contribution in [0.15, 0.2) is 53.0 Å². The molecule has 0 amide bonds. The Morgan fingerprint density at radius 3 is 2.56 bits per heavy atom. The normalized spacial score (nSPS) is 10.2. The van der Waals surface area contributed by atoms with Crippen LogP contribution in [0.4, 0.5) is 0 Å². The SMILES string of the molecule is [Li][c]1ccc(Br)cc1OCc1ccccc1. The van der Waals surface area contributed by atoms with Gasteiger partial charge in [0.05, 0.1) is 0 Å². The average Bonchev–Trinajstić information content (AvgIpc) is 2.32. The van der Waals surface area contributed by atoms with Crippen molar-refractivity contribution < 1.29 is 4.74 Å². The van der Waals surface area contributed by atoms with E-state index in [4.69, 9.17) is 4.74 Å². The van der Waals surface area contributed by atoms with Gasteiger partial charge in [-0.05, 0) is 0 Å². The third-order valence-electron chi connectivity index (χ3n) is 2.39. The number of benzene rings is 2. The van der Waals surface area contributed by atoms with Gasteiger partial charge in [-0.1, -0.05) is 0 Å². The van der Waals surface area contributed by atoms with Crippen molar-refractivity contribution in [1.29, 1.82) is 0 Å². The van der Waals surface area contributed by atoms with E-state index in [0.717, 1.165) is 14.5 Å². The molecule has 0 spiro atoms. The first-order valence-electron chi connectivity index (χ1n) is 5.18. The summed E-state index contributed by atoms with van der Waals surface area (Å²) in [5.74, 6) is 0.929. The van der Waals surface area contributed by atoms with Gasteiger partial charge in [-0.2, -0.15) is 0 Å². The molecule has 0 atom stereocenters. The summed E-state index contributed by atoms with van der Waals surface area (Å²) in [6, 6.07) is 16.2. The van der Waals surface area contributed by atoms with Crippen LogP contribution < -0.4 is 8.97 Å². The summed E-state index contributed by atoms with van der Waals surface area (Å²) >= 11 is 5.49. The molecule has 0 aliphatic rings. The summed E-state index contributed by atoms with van der Waals surface area (Å²) < 4.78 is 7.97. The molecular formula is C13H10BrLiO. The molecule has 0 saturated heterocycles. The third-order valence-corrected chi connectivity index (χ3v) is 2.88. The summed E-state index contributed by atoms with van der Waals surface area (Å²) in [5.41, 5.74) is 1.18. The van der Waals surface area contributed by atoms with Crippen LogP contribution in [-0.2, 0) is 6.61 Å². The van der Waals surface area contributed by atoms with Crippen LogP contribution in [0.2, 0.25) is 0 Å². The predicted molar refractivity (Wildman–Crippen MR) is 70.3 cm³/mol. The van der Waals surface area contributed by atoms with E-state index in [2.05, 4.69) is 28.1 Å². The minimum atomic E-state index is 0.609. The molecule has 0 aliphatic carbocycles. The average molecular weight is 269 g/mol. The van der Waals surface area contributed by atoms with Crippen molar-refractivity contribution in [3.63, 3.8) is 0 Å².